The van der Waals surface area contributed by atoms with Crippen molar-refractivity contribution >= 4 is 0 Å². The van der Waals surface area contributed by atoms with E-state index < -0.39 is 6.37 Å². The van der Waals surface area contributed by atoms with Crippen LogP contribution in [0.15, 0.2) is 91.0 Å². The van der Waals surface area contributed by atoms with Gasteiger partial charge in [-0.05, 0) is 5.56 Å². The van der Waals surface area contributed by atoms with Crippen molar-refractivity contribution in [2.45, 2.75) is 13.3 Å². The number of rotatable bonds is 4. The van der Waals surface area contributed by atoms with Crippen molar-refractivity contribution in [3.8, 4) is 33.6 Å². The summed E-state index contributed by atoms with van der Waals surface area (Å²) in [5, 5.41) is 0. The third-order valence-corrected chi connectivity index (χ3v) is 4.29. The van der Waals surface area contributed by atoms with Crippen molar-refractivity contribution < 1.29 is 2.74 Å². The quantitative estimate of drug-likeness (QED) is 0.453. The molecule has 0 radical (unpaired) electrons. The molecule has 126 valence electrons. The average molecular weight is 338 g/mol. The smallest absolute Gasteiger partial charge is 0.129 e. The molecule has 2 nitrogen and oxygen atoms in total. The predicted octanol–water partition coefficient (Wildman–Crippen LogP) is 6.04. The largest absolute Gasteiger partial charge is 0.232 e. The van der Waals surface area contributed by atoms with Crippen molar-refractivity contribution in [3.63, 3.8) is 0 Å². The summed E-state index contributed by atoms with van der Waals surface area (Å²) in [5.41, 5.74) is 5.26. The molecule has 0 N–H and O–H groups in total. The normalized spacial score (nSPS) is 12.3. The summed E-state index contributed by atoms with van der Waals surface area (Å²) in [4.78, 5) is 9.38. The molecule has 4 rings (SSSR count). The monoisotopic (exact) mass is 338 g/mol. The summed E-state index contributed by atoms with van der Waals surface area (Å²) >= 11 is 0. The van der Waals surface area contributed by atoms with E-state index in [1.807, 2.05) is 91.0 Å². The molecule has 0 saturated heterocycles. The zero-order valence-electron chi connectivity index (χ0n) is 16.6. The van der Waals surface area contributed by atoms with Crippen LogP contribution in [0.1, 0.15) is 15.5 Å². The summed E-state index contributed by atoms with van der Waals surface area (Å²) in [6, 6.07) is 29.8. The van der Waals surface area contributed by atoms with Crippen molar-refractivity contribution in [3.05, 3.63) is 96.8 Å². The molecule has 0 saturated carbocycles. The minimum atomic E-state index is -1.65. The van der Waals surface area contributed by atoms with Gasteiger partial charge in [0.2, 0.25) is 0 Å². The molecule has 0 bridgehead atoms. The van der Waals surface area contributed by atoms with Crippen LogP contribution in [0.25, 0.3) is 33.6 Å². The summed E-state index contributed by atoms with van der Waals surface area (Å²) in [6.07, 6.45) is -1.65. The fourth-order valence-electron chi connectivity index (χ4n) is 3.06. The van der Waals surface area contributed by atoms with E-state index in [9.17, 15) is 0 Å². The van der Waals surface area contributed by atoms with Crippen LogP contribution in [-0.4, -0.2) is 9.97 Å². The molecule has 0 aliphatic carbocycles. The van der Waals surface area contributed by atoms with Crippen LogP contribution in [-0.2, 0) is 6.37 Å². The highest BCUT2D eigenvalue weighted by Crippen LogP contribution is 2.37. The van der Waals surface area contributed by atoms with Gasteiger partial charge in [-0.25, -0.2) is 9.97 Å². The maximum Gasteiger partial charge on any atom is 0.129 e. The Bertz CT molecular complexity index is 1010. The standard InChI is InChI=1S/C24H20N2/c1-2-21-25-23(19-14-8-4-9-15-19)22(18-12-6-3-7-13-18)24(26-21)20-16-10-5-11-17-20/h3-17H,2H2,1H3/i2D2. The molecule has 3 aromatic carbocycles. The molecule has 26 heavy (non-hydrogen) atoms. The Hall–Kier alpha value is -3.26. The van der Waals surface area contributed by atoms with Crippen LogP contribution in [0, 0.1) is 0 Å². The first-order chi connectivity index (χ1) is 13.5. The molecule has 0 amide bonds. The van der Waals surface area contributed by atoms with Gasteiger partial charge in [-0.1, -0.05) is 97.9 Å². The lowest BCUT2D eigenvalue weighted by Gasteiger charge is -2.16. The van der Waals surface area contributed by atoms with Crippen molar-refractivity contribution in [1.29, 1.82) is 0 Å². The van der Waals surface area contributed by atoms with Gasteiger partial charge < -0.3 is 0 Å². The fraction of sp³-hybridized carbons (Fsp3) is 0.0833. The van der Waals surface area contributed by atoms with Crippen molar-refractivity contribution in [2.24, 2.45) is 0 Å². The van der Waals surface area contributed by atoms with E-state index in [2.05, 4.69) is 0 Å². The van der Waals surface area contributed by atoms with Crippen molar-refractivity contribution in [2.75, 3.05) is 0 Å². The predicted molar refractivity (Wildman–Crippen MR) is 108 cm³/mol. The van der Waals surface area contributed by atoms with Crippen LogP contribution in [0.5, 0.6) is 0 Å². The van der Waals surface area contributed by atoms with Gasteiger partial charge >= 0.3 is 0 Å². The number of benzene rings is 3. The molecule has 4 aromatic rings. The summed E-state index contributed by atoms with van der Waals surface area (Å²) < 4.78 is 16.4. The minimum Gasteiger partial charge on any atom is -0.232 e. The van der Waals surface area contributed by atoms with Crippen LogP contribution in [0.4, 0.5) is 0 Å². The SMILES string of the molecule is [2H]C([2H])(C)c1nc(-c2ccccc2)c(-c2ccccc2)c(-c2ccccc2)n1. The van der Waals surface area contributed by atoms with Crippen LogP contribution in [0.3, 0.4) is 0 Å². The number of aryl methyl sites for hydroxylation is 1. The van der Waals surface area contributed by atoms with Crippen LogP contribution < -0.4 is 0 Å². The molecule has 0 unspecified atom stereocenters. The van der Waals surface area contributed by atoms with Gasteiger partial charge in [-0.2, -0.15) is 0 Å². The molecule has 2 heteroatoms. The van der Waals surface area contributed by atoms with E-state index in [0.29, 0.717) is 0 Å². The number of hydrogen-bond donors (Lipinski definition) is 0. The Kier molecular flexibility index (Phi) is 3.93. The average Bonchev–Trinajstić information content (AvgIpc) is 2.74. The number of hydrogen-bond acceptors (Lipinski definition) is 2. The Morgan fingerprint density at radius 3 is 1.38 bits per heavy atom. The summed E-state index contributed by atoms with van der Waals surface area (Å²) in [6.45, 7) is 1.49. The van der Waals surface area contributed by atoms with E-state index >= 15 is 0 Å². The number of nitrogens with zero attached hydrogens (tertiary/aromatic N) is 2. The van der Waals surface area contributed by atoms with Gasteiger partial charge in [0.1, 0.15) is 5.82 Å². The second kappa shape index (κ2) is 7.32. The third kappa shape index (κ3) is 3.14. The van der Waals surface area contributed by atoms with Gasteiger partial charge in [0.15, 0.2) is 0 Å². The first-order valence-electron chi connectivity index (χ1n) is 9.63. The highest BCUT2D eigenvalue weighted by atomic mass is 14.9. The minimum absolute atomic E-state index is 0.185. The van der Waals surface area contributed by atoms with E-state index in [1.165, 1.54) is 6.92 Å². The van der Waals surface area contributed by atoms with Crippen LogP contribution >= 0.6 is 0 Å². The van der Waals surface area contributed by atoms with Crippen LogP contribution in [0.2, 0.25) is 0 Å². The highest BCUT2D eigenvalue weighted by molar-refractivity contribution is 5.90. The Labute approximate surface area is 157 Å². The molecule has 0 aliphatic rings. The Balaban J connectivity index is 2.11. The fourth-order valence-corrected chi connectivity index (χ4v) is 3.06. The molecule has 0 atom stereocenters. The second-order valence-electron chi connectivity index (χ2n) is 5.97. The Morgan fingerprint density at radius 2 is 1.00 bits per heavy atom. The van der Waals surface area contributed by atoms with Gasteiger partial charge in [0.25, 0.3) is 0 Å². The maximum absolute atomic E-state index is 8.21. The molecule has 1 heterocycles. The first kappa shape index (κ1) is 14.0. The molecule has 0 aliphatic heterocycles. The topological polar surface area (TPSA) is 25.8 Å². The third-order valence-electron chi connectivity index (χ3n) is 4.29. The van der Waals surface area contributed by atoms with Gasteiger partial charge in [-0.15, -0.1) is 0 Å². The summed E-state index contributed by atoms with van der Waals surface area (Å²) in [5.74, 6) is 0.185. The molecule has 1 aromatic heterocycles. The van der Waals surface area contributed by atoms with Gasteiger partial charge in [0.05, 0.1) is 11.4 Å². The molecular formula is C24H20N2. The van der Waals surface area contributed by atoms with E-state index in [4.69, 9.17) is 12.7 Å². The highest BCUT2D eigenvalue weighted by Gasteiger charge is 2.18. The van der Waals surface area contributed by atoms with Gasteiger partial charge in [-0.3, -0.25) is 0 Å². The molecule has 0 spiro atoms. The van der Waals surface area contributed by atoms with E-state index in [1.54, 1.807) is 0 Å². The maximum atomic E-state index is 8.21. The first-order valence-corrected chi connectivity index (χ1v) is 8.63. The lowest BCUT2D eigenvalue weighted by atomic mass is 9.94. The zero-order valence-corrected chi connectivity index (χ0v) is 14.6. The summed E-state index contributed by atoms with van der Waals surface area (Å²) in [7, 11) is 0. The lowest BCUT2D eigenvalue weighted by molar-refractivity contribution is 0.948. The van der Waals surface area contributed by atoms with E-state index in [-0.39, 0.29) is 5.82 Å². The zero-order chi connectivity index (χ0) is 19.6. The van der Waals surface area contributed by atoms with Crippen molar-refractivity contribution in [1.82, 2.24) is 9.97 Å². The number of aromatic nitrogens is 2. The lowest BCUT2D eigenvalue weighted by Crippen LogP contribution is -2.02. The van der Waals surface area contributed by atoms with E-state index in [0.717, 1.165) is 33.6 Å². The van der Waals surface area contributed by atoms with Gasteiger partial charge in [0, 0.05) is 25.8 Å². The second-order valence-corrected chi connectivity index (χ2v) is 5.97. The molecular weight excluding hydrogens is 316 g/mol. The Morgan fingerprint density at radius 1 is 0.615 bits per heavy atom. The molecule has 0 fully saturated rings.